The van der Waals surface area contributed by atoms with Gasteiger partial charge in [0.1, 0.15) is 5.82 Å². The maximum absolute atomic E-state index is 13.0. The van der Waals surface area contributed by atoms with Crippen molar-refractivity contribution in [3.8, 4) is 0 Å². The standard InChI is InChI=1S/C14H18FNOS/c1-9-6-12(15)4-5-13(9)14(17)16-7-10(2)18-11(3)8-16/h4-6,10-11H,7-8H2,1-3H3. The summed E-state index contributed by atoms with van der Waals surface area (Å²) in [7, 11) is 0. The van der Waals surface area contributed by atoms with Gasteiger partial charge in [-0.25, -0.2) is 4.39 Å². The maximum Gasteiger partial charge on any atom is 0.254 e. The molecule has 2 atom stereocenters. The Morgan fingerprint density at radius 1 is 1.33 bits per heavy atom. The van der Waals surface area contributed by atoms with Crippen molar-refractivity contribution in [2.75, 3.05) is 13.1 Å². The Hall–Kier alpha value is -1.03. The zero-order valence-corrected chi connectivity index (χ0v) is 11.8. The van der Waals surface area contributed by atoms with E-state index in [0.29, 0.717) is 21.6 Å². The lowest BCUT2D eigenvalue weighted by molar-refractivity contribution is 0.0752. The minimum Gasteiger partial charge on any atom is -0.336 e. The van der Waals surface area contributed by atoms with Crippen LogP contribution in [0.3, 0.4) is 0 Å². The van der Waals surface area contributed by atoms with E-state index in [1.807, 2.05) is 16.7 Å². The fourth-order valence-corrected chi connectivity index (χ4v) is 3.71. The molecule has 1 amide bonds. The van der Waals surface area contributed by atoms with Crippen LogP contribution in [0.15, 0.2) is 18.2 Å². The summed E-state index contributed by atoms with van der Waals surface area (Å²) in [6.07, 6.45) is 0. The van der Waals surface area contributed by atoms with Crippen molar-refractivity contribution in [1.29, 1.82) is 0 Å². The van der Waals surface area contributed by atoms with Gasteiger partial charge >= 0.3 is 0 Å². The quantitative estimate of drug-likeness (QED) is 0.779. The second kappa shape index (κ2) is 5.31. The number of thioether (sulfide) groups is 1. The molecule has 2 nitrogen and oxygen atoms in total. The molecule has 18 heavy (non-hydrogen) atoms. The molecule has 0 aliphatic carbocycles. The third-order valence-corrected chi connectivity index (χ3v) is 4.35. The number of benzene rings is 1. The first kappa shape index (κ1) is 13.4. The summed E-state index contributed by atoms with van der Waals surface area (Å²) in [5.74, 6) is -0.272. The third kappa shape index (κ3) is 2.86. The number of carbonyl (C=O) groups is 1. The smallest absolute Gasteiger partial charge is 0.254 e. The summed E-state index contributed by atoms with van der Waals surface area (Å²) < 4.78 is 13.0. The Balaban J connectivity index is 2.20. The first-order chi connectivity index (χ1) is 8.47. The van der Waals surface area contributed by atoms with E-state index in [-0.39, 0.29) is 11.7 Å². The molecule has 4 heteroatoms. The molecule has 98 valence electrons. The molecular formula is C14H18FNOS. The molecule has 0 spiro atoms. The van der Waals surface area contributed by atoms with E-state index in [1.54, 1.807) is 13.0 Å². The Bertz CT molecular complexity index is 453. The Kier molecular flexibility index (Phi) is 3.95. The van der Waals surface area contributed by atoms with Crippen LogP contribution in [0.2, 0.25) is 0 Å². The molecule has 1 aromatic rings. The second-order valence-corrected chi connectivity index (χ2v) is 6.81. The molecule has 0 bridgehead atoms. The van der Waals surface area contributed by atoms with Crippen molar-refractivity contribution >= 4 is 17.7 Å². The summed E-state index contributed by atoms with van der Waals surface area (Å²) in [6.45, 7) is 7.59. The number of amides is 1. The summed E-state index contributed by atoms with van der Waals surface area (Å²) in [4.78, 5) is 14.3. The highest BCUT2D eigenvalue weighted by Gasteiger charge is 2.27. The lowest BCUT2D eigenvalue weighted by Gasteiger charge is -2.34. The molecule has 1 fully saturated rings. The molecule has 1 aliphatic heterocycles. The molecule has 1 aromatic carbocycles. The number of carbonyl (C=O) groups excluding carboxylic acids is 1. The van der Waals surface area contributed by atoms with Crippen LogP contribution in [0.4, 0.5) is 4.39 Å². The van der Waals surface area contributed by atoms with Crippen molar-refractivity contribution in [2.45, 2.75) is 31.3 Å². The average Bonchev–Trinajstić information content (AvgIpc) is 2.26. The van der Waals surface area contributed by atoms with Gasteiger partial charge in [0.15, 0.2) is 0 Å². The summed E-state index contributed by atoms with van der Waals surface area (Å²) in [5, 5.41) is 0.914. The Morgan fingerprint density at radius 2 is 1.94 bits per heavy atom. The molecule has 0 N–H and O–H groups in total. The third-order valence-electron chi connectivity index (χ3n) is 3.13. The van der Waals surface area contributed by atoms with E-state index in [2.05, 4.69) is 13.8 Å². The Labute approximate surface area is 112 Å². The van der Waals surface area contributed by atoms with Crippen LogP contribution in [0.5, 0.6) is 0 Å². The molecule has 1 saturated heterocycles. The number of rotatable bonds is 1. The predicted molar refractivity (Wildman–Crippen MR) is 73.6 cm³/mol. The van der Waals surface area contributed by atoms with Crippen molar-refractivity contribution < 1.29 is 9.18 Å². The van der Waals surface area contributed by atoms with Crippen LogP contribution < -0.4 is 0 Å². The van der Waals surface area contributed by atoms with E-state index in [0.717, 1.165) is 13.1 Å². The van der Waals surface area contributed by atoms with Crippen LogP contribution in [0.1, 0.15) is 29.8 Å². The normalized spacial score (nSPS) is 24.1. The highest BCUT2D eigenvalue weighted by Crippen LogP contribution is 2.26. The van der Waals surface area contributed by atoms with Crippen LogP contribution in [-0.4, -0.2) is 34.4 Å². The number of aryl methyl sites for hydroxylation is 1. The zero-order valence-electron chi connectivity index (χ0n) is 10.9. The van der Waals surface area contributed by atoms with Crippen molar-refractivity contribution in [1.82, 2.24) is 4.90 Å². The van der Waals surface area contributed by atoms with E-state index in [9.17, 15) is 9.18 Å². The summed E-state index contributed by atoms with van der Waals surface area (Å²) in [6, 6.07) is 4.36. The Morgan fingerprint density at radius 3 is 2.50 bits per heavy atom. The summed E-state index contributed by atoms with van der Waals surface area (Å²) >= 11 is 1.91. The van der Waals surface area contributed by atoms with Crippen LogP contribution in [-0.2, 0) is 0 Å². The SMILES string of the molecule is Cc1cc(F)ccc1C(=O)N1CC(C)SC(C)C1. The highest BCUT2D eigenvalue weighted by molar-refractivity contribution is 8.00. The number of halogens is 1. The average molecular weight is 267 g/mol. The van der Waals surface area contributed by atoms with E-state index < -0.39 is 0 Å². The largest absolute Gasteiger partial charge is 0.336 e. The first-order valence-corrected chi connectivity index (χ1v) is 7.12. The molecular weight excluding hydrogens is 249 g/mol. The molecule has 1 aliphatic rings. The maximum atomic E-state index is 13.0. The van der Waals surface area contributed by atoms with Gasteiger partial charge in [0.2, 0.25) is 0 Å². The molecule has 0 aromatic heterocycles. The predicted octanol–water partition coefficient (Wildman–Crippen LogP) is 3.10. The van der Waals surface area contributed by atoms with Crippen LogP contribution in [0.25, 0.3) is 0 Å². The molecule has 1 heterocycles. The zero-order chi connectivity index (χ0) is 13.3. The van der Waals surface area contributed by atoms with Crippen molar-refractivity contribution in [2.24, 2.45) is 0 Å². The molecule has 0 saturated carbocycles. The van der Waals surface area contributed by atoms with Crippen LogP contribution in [0, 0.1) is 12.7 Å². The monoisotopic (exact) mass is 267 g/mol. The minimum atomic E-state index is -0.292. The van der Waals surface area contributed by atoms with E-state index in [4.69, 9.17) is 0 Å². The molecule has 2 rings (SSSR count). The van der Waals surface area contributed by atoms with E-state index >= 15 is 0 Å². The fourth-order valence-electron chi connectivity index (χ4n) is 2.38. The first-order valence-electron chi connectivity index (χ1n) is 6.18. The van der Waals surface area contributed by atoms with Gasteiger partial charge in [-0.3, -0.25) is 4.79 Å². The summed E-state index contributed by atoms with van der Waals surface area (Å²) in [5.41, 5.74) is 1.32. The van der Waals surface area contributed by atoms with Gasteiger partial charge in [-0.05, 0) is 30.7 Å². The molecule has 2 unspecified atom stereocenters. The number of nitrogens with zero attached hydrogens (tertiary/aromatic N) is 1. The minimum absolute atomic E-state index is 0.0199. The van der Waals surface area contributed by atoms with Gasteiger partial charge in [-0.2, -0.15) is 11.8 Å². The topological polar surface area (TPSA) is 20.3 Å². The highest BCUT2D eigenvalue weighted by atomic mass is 32.2. The van der Waals surface area contributed by atoms with Crippen molar-refractivity contribution in [3.63, 3.8) is 0 Å². The molecule has 0 radical (unpaired) electrons. The van der Waals surface area contributed by atoms with Gasteiger partial charge in [-0.1, -0.05) is 13.8 Å². The lowest BCUT2D eigenvalue weighted by atomic mass is 10.1. The van der Waals surface area contributed by atoms with Gasteiger partial charge in [-0.15, -0.1) is 0 Å². The van der Waals surface area contributed by atoms with Gasteiger partial charge in [0.25, 0.3) is 5.91 Å². The lowest BCUT2D eigenvalue weighted by Crippen LogP contribution is -2.44. The van der Waals surface area contributed by atoms with Crippen molar-refractivity contribution in [3.05, 3.63) is 35.1 Å². The number of hydrogen-bond acceptors (Lipinski definition) is 2. The number of hydrogen-bond donors (Lipinski definition) is 0. The second-order valence-electron chi connectivity index (χ2n) is 4.93. The van der Waals surface area contributed by atoms with Gasteiger partial charge < -0.3 is 4.90 Å². The van der Waals surface area contributed by atoms with E-state index in [1.165, 1.54) is 12.1 Å². The van der Waals surface area contributed by atoms with Crippen LogP contribution >= 0.6 is 11.8 Å². The van der Waals surface area contributed by atoms with Gasteiger partial charge in [0.05, 0.1) is 0 Å². The van der Waals surface area contributed by atoms with Gasteiger partial charge in [0, 0.05) is 29.2 Å². The fraction of sp³-hybridized carbons (Fsp3) is 0.500.